The van der Waals surface area contributed by atoms with Crippen LogP contribution < -0.4 is 4.90 Å². The van der Waals surface area contributed by atoms with Crippen molar-refractivity contribution in [3.8, 4) is 0 Å². The maximum atomic E-state index is 11.9. The highest BCUT2D eigenvalue weighted by atomic mass is 16.5. The summed E-state index contributed by atoms with van der Waals surface area (Å²) in [5.41, 5.74) is 0.334. The van der Waals surface area contributed by atoms with Gasteiger partial charge in [0.25, 0.3) is 0 Å². The highest BCUT2D eigenvalue weighted by Crippen LogP contribution is 2.21. The Kier molecular flexibility index (Phi) is 4.52. The fourth-order valence-electron chi connectivity index (χ4n) is 2.01. The van der Waals surface area contributed by atoms with Gasteiger partial charge >= 0.3 is 11.9 Å². The van der Waals surface area contributed by atoms with Gasteiger partial charge in [-0.1, -0.05) is 0 Å². The number of carbonyl (C=O) groups excluding carboxylic acids is 1. The van der Waals surface area contributed by atoms with Crippen LogP contribution in [0.1, 0.15) is 17.3 Å². The third kappa shape index (κ3) is 3.05. The first-order valence-electron chi connectivity index (χ1n) is 6.35. The second kappa shape index (κ2) is 6.33. The Morgan fingerprint density at radius 1 is 1.60 bits per heavy atom. The van der Waals surface area contributed by atoms with Gasteiger partial charge in [-0.3, -0.25) is 0 Å². The predicted molar refractivity (Wildman–Crippen MR) is 69.8 cm³/mol. The molecule has 2 heterocycles. The zero-order valence-electron chi connectivity index (χ0n) is 11.1. The summed E-state index contributed by atoms with van der Waals surface area (Å²) >= 11 is 0. The smallest absolute Gasteiger partial charge is 0.341 e. The summed E-state index contributed by atoms with van der Waals surface area (Å²) in [4.78, 5) is 28.8. The number of esters is 1. The van der Waals surface area contributed by atoms with Crippen molar-refractivity contribution >= 4 is 17.8 Å². The molecular weight excluding hydrogens is 264 g/mol. The summed E-state index contributed by atoms with van der Waals surface area (Å²) in [6, 6.07) is 3.26. The molecule has 1 aliphatic heterocycles. The molecule has 0 amide bonds. The fraction of sp³-hybridized carbons (Fsp3) is 0.462. The summed E-state index contributed by atoms with van der Waals surface area (Å²) in [5.74, 6) is -1.06. The van der Waals surface area contributed by atoms with E-state index in [0.717, 1.165) is 0 Å². The van der Waals surface area contributed by atoms with Crippen molar-refractivity contribution in [2.45, 2.75) is 13.0 Å². The van der Waals surface area contributed by atoms with Gasteiger partial charge in [0, 0.05) is 12.7 Å². The Hall–Kier alpha value is -2.15. The first-order valence-corrected chi connectivity index (χ1v) is 6.35. The Bertz CT molecular complexity index is 505. The molecule has 1 aliphatic rings. The number of aromatic nitrogens is 1. The van der Waals surface area contributed by atoms with E-state index in [9.17, 15) is 9.59 Å². The molecule has 1 atom stereocenters. The van der Waals surface area contributed by atoms with Crippen LogP contribution in [0.15, 0.2) is 18.3 Å². The SMILES string of the molecule is CCOC(=O)c1cccnc1N1CCOC(C(=O)O)C1. The summed E-state index contributed by atoms with van der Waals surface area (Å²) in [6.45, 7) is 2.90. The van der Waals surface area contributed by atoms with Crippen LogP contribution in [0.25, 0.3) is 0 Å². The third-order valence-corrected chi connectivity index (χ3v) is 2.92. The summed E-state index contributed by atoms with van der Waals surface area (Å²) in [6.07, 6.45) is 0.643. The third-order valence-electron chi connectivity index (χ3n) is 2.92. The topological polar surface area (TPSA) is 89.0 Å². The highest BCUT2D eigenvalue weighted by Gasteiger charge is 2.29. The van der Waals surface area contributed by atoms with Crippen LogP contribution in [0.2, 0.25) is 0 Å². The molecule has 0 spiro atoms. The van der Waals surface area contributed by atoms with Crippen molar-refractivity contribution in [3.63, 3.8) is 0 Å². The van der Waals surface area contributed by atoms with Crippen molar-refractivity contribution in [1.29, 1.82) is 0 Å². The number of anilines is 1. The lowest BCUT2D eigenvalue weighted by atomic mass is 10.2. The number of hydrogen-bond donors (Lipinski definition) is 1. The molecule has 108 valence electrons. The average molecular weight is 280 g/mol. The number of nitrogens with zero attached hydrogens (tertiary/aromatic N) is 2. The Morgan fingerprint density at radius 2 is 2.40 bits per heavy atom. The molecule has 1 aromatic rings. The van der Waals surface area contributed by atoms with Gasteiger partial charge in [-0.15, -0.1) is 0 Å². The molecule has 7 heteroatoms. The van der Waals surface area contributed by atoms with E-state index in [1.54, 1.807) is 30.2 Å². The minimum Gasteiger partial charge on any atom is -0.479 e. The number of hydrogen-bond acceptors (Lipinski definition) is 6. The molecule has 1 aromatic heterocycles. The monoisotopic (exact) mass is 280 g/mol. The van der Waals surface area contributed by atoms with Crippen molar-refractivity contribution in [1.82, 2.24) is 4.98 Å². The molecule has 1 unspecified atom stereocenters. The van der Waals surface area contributed by atoms with Crippen molar-refractivity contribution in [3.05, 3.63) is 23.9 Å². The molecule has 7 nitrogen and oxygen atoms in total. The van der Waals surface area contributed by atoms with Crippen molar-refractivity contribution in [2.75, 3.05) is 31.2 Å². The van der Waals surface area contributed by atoms with Gasteiger partial charge in [0.1, 0.15) is 11.4 Å². The van der Waals surface area contributed by atoms with Gasteiger partial charge < -0.3 is 19.5 Å². The zero-order chi connectivity index (χ0) is 14.5. The van der Waals surface area contributed by atoms with E-state index < -0.39 is 18.0 Å². The quantitative estimate of drug-likeness (QED) is 0.805. The van der Waals surface area contributed by atoms with Crippen LogP contribution in [0.3, 0.4) is 0 Å². The molecule has 0 saturated carbocycles. The highest BCUT2D eigenvalue weighted by molar-refractivity contribution is 5.94. The van der Waals surface area contributed by atoms with Gasteiger partial charge in [0.15, 0.2) is 6.10 Å². The number of carbonyl (C=O) groups is 2. The van der Waals surface area contributed by atoms with Gasteiger partial charge in [0.05, 0.1) is 19.8 Å². The molecule has 0 aromatic carbocycles. The number of carboxylic acid groups (broad SMARTS) is 1. The van der Waals surface area contributed by atoms with Crippen LogP contribution in [0.5, 0.6) is 0 Å². The lowest BCUT2D eigenvalue weighted by Crippen LogP contribution is -2.47. The summed E-state index contributed by atoms with van der Waals surface area (Å²) in [7, 11) is 0. The zero-order valence-corrected chi connectivity index (χ0v) is 11.1. The van der Waals surface area contributed by atoms with Crippen LogP contribution in [-0.4, -0.2) is 54.4 Å². The molecule has 0 radical (unpaired) electrons. The number of carboxylic acids is 1. The first-order chi connectivity index (χ1) is 9.63. The minimum atomic E-state index is -1.02. The maximum absolute atomic E-state index is 11.9. The minimum absolute atomic E-state index is 0.152. The molecule has 2 rings (SSSR count). The van der Waals surface area contributed by atoms with E-state index in [4.69, 9.17) is 14.6 Å². The van der Waals surface area contributed by atoms with Crippen LogP contribution in [0, 0.1) is 0 Å². The Labute approximate surface area is 116 Å². The second-order valence-electron chi connectivity index (χ2n) is 4.24. The summed E-state index contributed by atoms with van der Waals surface area (Å²) in [5, 5.41) is 9.00. The first kappa shape index (κ1) is 14.3. The van der Waals surface area contributed by atoms with Crippen LogP contribution >= 0.6 is 0 Å². The van der Waals surface area contributed by atoms with Gasteiger partial charge in [0.2, 0.25) is 0 Å². The van der Waals surface area contributed by atoms with Gasteiger partial charge in [-0.25, -0.2) is 14.6 Å². The average Bonchev–Trinajstić information content (AvgIpc) is 2.47. The van der Waals surface area contributed by atoms with Crippen molar-refractivity contribution in [2.24, 2.45) is 0 Å². The summed E-state index contributed by atoms with van der Waals surface area (Å²) < 4.78 is 10.1. The van der Waals surface area contributed by atoms with E-state index in [1.807, 2.05) is 0 Å². The normalized spacial score (nSPS) is 18.6. The number of aliphatic carboxylic acids is 1. The van der Waals surface area contributed by atoms with Gasteiger partial charge in [-0.05, 0) is 19.1 Å². The van der Waals surface area contributed by atoms with E-state index >= 15 is 0 Å². The lowest BCUT2D eigenvalue weighted by molar-refractivity contribution is -0.150. The van der Waals surface area contributed by atoms with Crippen molar-refractivity contribution < 1.29 is 24.2 Å². The maximum Gasteiger partial charge on any atom is 0.341 e. The van der Waals surface area contributed by atoms with E-state index in [0.29, 0.717) is 17.9 Å². The lowest BCUT2D eigenvalue weighted by Gasteiger charge is -2.32. The molecule has 0 bridgehead atoms. The van der Waals surface area contributed by atoms with E-state index in [1.165, 1.54) is 0 Å². The van der Waals surface area contributed by atoms with Gasteiger partial charge in [-0.2, -0.15) is 0 Å². The molecule has 1 N–H and O–H groups in total. The van der Waals surface area contributed by atoms with E-state index in [-0.39, 0.29) is 19.8 Å². The molecule has 1 fully saturated rings. The fourth-order valence-corrected chi connectivity index (χ4v) is 2.01. The number of ether oxygens (including phenoxy) is 2. The largest absolute Gasteiger partial charge is 0.479 e. The Morgan fingerprint density at radius 3 is 3.10 bits per heavy atom. The van der Waals surface area contributed by atoms with Crippen LogP contribution in [-0.2, 0) is 14.3 Å². The molecule has 1 saturated heterocycles. The second-order valence-corrected chi connectivity index (χ2v) is 4.24. The number of pyridine rings is 1. The molecular formula is C13H16N2O5. The van der Waals surface area contributed by atoms with Crippen LogP contribution in [0.4, 0.5) is 5.82 Å². The molecule has 20 heavy (non-hydrogen) atoms. The Balaban J connectivity index is 2.23. The van der Waals surface area contributed by atoms with E-state index in [2.05, 4.69) is 4.98 Å². The number of morpholine rings is 1. The predicted octanol–water partition coefficient (Wildman–Crippen LogP) is 0.548. The molecule has 0 aliphatic carbocycles. The number of rotatable bonds is 4. The standard InChI is InChI=1S/C13H16N2O5/c1-2-19-13(18)9-4-3-5-14-11(9)15-6-7-20-10(8-15)12(16)17/h3-5,10H,2,6-8H2,1H3,(H,16,17).